The summed E-state index contributed by atoms with van der Waals surface area (Å²) in [5, 5.41) is 13.3. The van der Waals surface area contributed by atoms with Gasteiger partial charge in [0.25, 0.3) is 5.91 Å². The van der Waals surface area contributed by atoms with Gasteiger partial charge < -0.3 is 19.9 Å². The molecule has 9 nitrogen and oxygen atoms in total. The maximum Gasteiger partial charge on any atom is 0.256 e. The van der Waals surface area contributed by atoms with Crippen molar-refractivity contribution in [3.05, 3.63) is 48.5 Å². The standard InChI is InChI=1S/C19H21N5O4/c1-3-12-14(25)15(27-2)19(28-12)24-10-22-13-16(20-9-21-17(13)24)23-18(26)11-7-5-4-6-8-11/h4-10,12,14-15,19,25H,3H2,1-2H3,(H,20,21,23,26)/t12-,14-,15-,19-/m1/s1/i2D3,3D2. The topological polar surface area (TPSA) is 111 Å². The molecule has 2 N–H and O–H groups in total. The maximum absolute atomic E-state index is 12.5. The van der Waals surface area contributed by atoms with Crippen LogP contribution in [0, 0.1) is 0 Å². The first-order chi connectivity index (χ1) is 15.5. The van der Waals surface area contributed by atoms with Crippen LogP contribution in [0.4, 0.5) is 5.82 Å². The molecule has 0 radical (unpaired) electrons. The van der Waals surface area contributed by atoms with Crippen LogP contribution in [0.3, 0.4) is 0 Å². The van der Waals surface area contributed by atoms with Crippen LogP contribution < -0.4 is 5.32 Å². The molecule has 1 saturated heterocycles. The quantitative estimate of drug-likeness (QED) is 0.685. The number of nitrogens with one attached hydrogen (secondary N) is 1. The molecule has 4 atom stereocenters. The number of carbonyl (C=O) groups is 1. The van der Waals surface area contributed by atoms with Gasteiger partial charge in [0.05, 0.1) is 16.5 Å². The number of hydrogen-bond donors (Lipinski definition) is 2. The molecule has 0 bridgehead atoms. The SMILES string of the molecule is [2H]C([2H])([2H])O[C@@H]1[C@H](O)[C@@H](C([2H])([2H])C)O[C@H]1n1cnc2c(NC(=O)c3ccccc3)ncnc21. The summed E-state index contributed by atoms with van der Waals surface area (Å²) in [5.74, 6) is -0.303. The second kappa shape index (κ2) is 7.63. The number of aliphatic hydroxyl groups excluding tert-OH is 1. The normalized spacial score (nSPS) is 28.1. The molecule has 1 aromatic carbocycles. The highest BCUT2D eigenvalue weighted by molar-refractivity contribution is 6.06. The van der Waals surface area contributed by atoms with Crippen LogP contribution in [0.25, 0.3) is 11.2 Å². The van der Waals surface area contributed by atoms with E-state index in [1.807, 2.05) is 0 Å². The van der Waals surface area contributed by atoms with Crippen LogP contribution in [0.15, 0.2) is 43.0 Å². The molecule has 0 saturated carbocycles. The van der Waals surface area contributed by atoms with E-state index < -0.39 is 43.9 Å². The number of amides is 1. The highest BCUT2D eigenvalue weighted by Crippen LogP contribution is 2.34. The van der Waals surface area contributed by atoms with E-state index in [1.165, 1.54) is 24.1 Å². The number of ether oxygens (including phenoxy) is 2. The van der Waals surface area contributed by atoms with Crippen molar-refractivity contribution in [2.45, 2.75) is 37.8 Å². The Bertz CT molecular complexity index is 1150. The highest BCUT2D eigenvalue weighted by atomic mass is 16.6. The number of aromatic nitrogens is 4. The van der Waals surface area contributed by atoms with Crippen molar-refractivity contribution < 1.29 is 26.2 Å². The average Bonchev–Trinajstić information content (AvgIpc) is 3.29. The van der Waals surface area contributed by atoms with Gasteiger partial charge in [-0.25, -0.2) is 15.0 Å². The van der Waals surface area contributed by atoms with E-state index in [1.54, 1.807) is 30.3 Å². The molecule has 4 rings (SSSR count). The minimum Gasteiger partial charge on any atom is -0.388 e. The molecule has 9 heteroatoms. The van der Waals surface area contributed by atoms with Crippen molar-refractivity contribution in [1.82, 2.24) is 19.5 Å². The number of imidazole rings is 1. The van der Waals surface area contributed by atoms with Gasteiger partial charge in [-0.05, 0) is 18.5 Å². The maximum atomic E-state index is 12.5. The number of hydrogen-bond acceptors (Lipinski definition) is 7. The molecule has 0 spiro atoms. The van der Waals surface area contributed by atoms with E-state index >= 15 is 0 Å². The summed E-state index contributed by atoms with van der Waals surface area (Å²) in [4.78, 5) is 25.0. The van der Waals surface area contributed by atoms with Crippen molar-refractivity contribution in [2.75, 3.05) is 12.4 Å². The van der Waals surface area contributed by atoms with E-state index in [-0.39, 0.29) is 17.0 Å². The van der Waals surface area contributed by atoms with Gasteiger partial charge >= 0.3 is 0 Å². The molecular weight excluding hydrogens is 362 g/mol. The van der Waals surface area contributed by atoms with Crippen LogP contribution in [-0.4, -0.2) is 55.9 Å². The number of rotatable bonds is 5. The Morgan fingerprint density at radius 1 is 1.39 bits per heavy atom. The summed E-state index contributed by atoms with van der Waals surface area (Å²) >= 11 is 0. The zero-order valence-electron chi connectivity index (χ0n) is 19.8. The Morgan fingerprint density at radius 2 is 2.21 bits per heavy atom. The molecule has 1 aliphatic heterocycles. The highest BCUT2D eigenvalue weighted by Gasteiger charge is 2.44. The average molecular weight is 388 g/mol. The first kappa shape index (κ1) is 13.3. The number of benzene rings is 1. The van der Waals surface area contributed by atoms with Crippen LogP contribution in [0.2, 0.25) is 0 Å². The Labute approximate surface area is 168 Å². The molecule has 3 heterocycles. The first-order valence-corrected chi connectivity index (χ1v) is 8.51. The van der Waals surface area contributed by atoms with E-state index in [9.17, 15) is 9.90 Å². The molecule has 146 valence electrons. The summed E-state index contributed by atoms with van der Waals surface area (Å²) < 4.78 is 50.3. The van der Waals surface area contributed by atoms with Gasteiger partial charge in [0.1, 0.15) is 18.5 Å². The van der Waals surface area contributed by atoms with E-state index in [0.717, 1.165) is 0 Å². The second-order valence-corrected chi connectivity index (χ2v) is 6.18. The fourth-order valence-electron chi connectivity index (χ4n) is 3.14. The van der Waals surface area contributed by atoms with Crippen LogP contribution in [0.5, 0.6) is 0 Å². The van der Waals surface area contributed by atoms with Gasteiger partial charge in [0.15, 0.2) is 23.2 Å². The van der Waals surface area contributed by atoms with Gasteiger partial charge in [-0.15, -0.1) is 0 Å². The summed E-state index contributed by atoms with van der Waals surface area (Å²) in [6.07, 6.45) is -5.17. The molecule has 1 amide bonds. The van der Waals surface area contributed by atoms with Crippen molar-refractivity contribution in [3.8, 4) is 0 Å². The Morgan fingerprint density at radius 3 is 2.96 bits per heavy atom. The lowest BCUT2D eigenvalue weighted by Crippen LogP contribution is -2.33. The van der Waals surface area contributed by atoms with Gasteiger partial charge in [-0.3, -0.25) is 9.36 Å². The lowest BCUT2D eigenvalue weighted by molar-refractivity contribution is -0.0497. The number of carbonyl (C=O) groups excluding carboxylic acids is 1. The third-order valence-corrected chi connectivity index (χ3v) is 4.54. The molecule has 2 aromatic heterocycles. The molecule has 0 unspecified atom stereocenters. The monoisotopic (exact) mass is 388 g/mol. The van der Waals surface area contributed by atoms with Gasteiger partial charge in [0, 0.05) is 15.3 Å². The van der Waals surface area contributed by atoms with E-state index in [0.29, 0.717) is 5.56 Å². The smallest absolute Gasteiger partial charge is 0.256 e. The Balaban J connectivity index is 1.70. The predicted octanol–water partition coefficient (Wildman–Crippen LogP) is 1.76. The minimum absolute atomic E-state index is 0.113. The molecular formula is C19H21N5O4. The number of nitrogens with zero attached hydrogens (tertiary/aromatic N) is 4. The predicted molar refractivity (Wildman–Crippen MR) is 101 cm³/mol. The van der Waals surface area contributed by atoms with Crippen molar-refractivity contribution in [1.29, 1.82) is 0 Å². The lowest BCUT2D eigenvalue weighted by atomic mass is 10.1. The largest absolute Gasteiger partial charge is 0.388 e. The molecule has 0 aliphatic carbocycles. The summed E-state index contributed by atoms with van der Waals surface area (Å²) in [7, 11) is -2.87. The van der Waals surface area contributed by atoms with Gasteiger partial charge in [0.2, 0.25) is 0 Å². The number of methoxy groups -OCH3 is 1. The fourth-order valence-corrected chi connectivity index (χ4v) is 3.14. The Hall–Kier alpha value is -2.88. The van der Waals surface area contributed by atoms with Crippen LogP contribution >= 0.6 is 0 Å². The van der Waals surface area contributed by atoms with Gasteiger partial charge in [-0.1, -0.05) is 25.1 Å². The molecule has 28 heavy (non-hydrogen) atoms. The number of anilines is 1. The van der Waals surface area contributed by atoms with Crippen molar-refractivity contribution in [2.24, 2.45) is 0 Å². The zero-order chi connectivity index (χ0) is 24.0. The summed E-state index contributed by atoms with van der Waals surface area (Å²) in [6, 6.07) is 8.48. The van der Waals surface area contributed by atoms with Crippen LogP contribution in [-0.2, 0) is 9.47 Å². The molecule has 3 aromatic rings. The second-order valence-electron chi connectivity index (χ2n) is 6.18. The molecule has 1 aliphatic rings. The van der Waals surface area contributed by atoms with Crippen LogP contribution in [0.1, 0.15) is 36.7 Å². The van der Waals surface area contributed by atoms with E-state index in [2.05, 4.69) is 20.3 Å². The molecule has 1 fully saturated rings. The third-order valence-electron chi connectivity index (χ3n) is 4.54. The van der Waals surface area contributed by atoms with Crippen molar-refractivity contribution >= 4 is 22.9 Å². The lowest BCUT2D eigenvalue weighted by Gasteiger charge is -2.19. The first-order valence-electron chi connectivity index (χ1n) is 11.0. The number of fused-ring (bicyclic) bond motifs is 1. The van der Waals surface area contributed by atoms with E-state index in [4.69, 9.17) is 16.3 Å². The minimum atomic E-state index is -2.87. The fraction of sp³-hybridized carbons (Fsp3) is 0.368. The van der Waals surface area contributed by atoms with Crippen molar-refractivity contribution in [3.63, 3.8) is 0 Å². The third kappa shape index (κ3) is 3.13. The summed E-state index contributed by atoms with van der Waals surface area (Å²) in [5.41, 5.74) is 0.766. The summed E-state index contributed by atoms with van der Waals surface area (Å²) in [6.45, 7) is 1.21. The zero-order valence-corrected chi connectivity index (χ0v) is 14.8. The van der Waals surface area contributed by atoms with Gasteiger partial charge in [-0.2, -0.15) is 0 Å². The Kier molecular flexibility index (Phi) is 3.63. The number of aliphatic hydroxyl groups is 1.